The zero-order chi connectivity index (χ0) is 11.5. The summed E-state index contributed by atoms with van der Waals surface area (Å²) in [6.07, 6.45) is 0. The molecule has 6 heteroatoms. The van der Waals surface area contributed by atoms with Gasteiger partial charge in [0, 0.05) is 16.2 Å². The summed E-state index contributed by atoms with van der Waals surface area (Å²) < 4.78 is 0.977. The van der Waals surface area contributed by atoms with Crippen molar-refractivity contribution in [1.29, 1.82) is 0 Å². The van der Waals surface area contributed by atoms with Crippen molar-refractivity contribution < 1.29 is 0 Å². The standard InChI is InChI=1S/C10H8BrClN4/c11-6-2-1-3-7(4-6)14-9-5-8(12)15-10(13)16-9/h1-5H,(H3,13,14,15,16). The highest BCUT2D eigenvalue weighted by atomic mass is 79.9. The molecular formula is C10H8BrClN4. The zero-order valence-corrected chi connectivity index (χ0v) is 10.5. The van der Waals surface area contributed by atoms with Gasteiger partial charge in [-0.2, -0.15) is 4.98 Å². The van der Waals surface area contributed by atoms with Gasteiger partial charge in [0.1, 0.15) is 11.0 Å². The van der Waals surface area contributed by atoms with Crippen molar-refractivity contribution in [2.45, 2.75) is 0 Å². The smallest absolute Gasteiger partial charge is 0.223 e. The Labute approximate surface area is 106 Å². The molecule has 4 nitrogen and oxygen atoms in total. The number of halogens is 2. The number of anilines is 3. The lowest BCUT2D eigenvalue weighted by molar-refractivity contribution is 1.18. The lowest BCUT2D eigenvalue weighted by Gasteiger charge is -2.06. The van der Waals surface area contributed by atoms with E-state index in [1.165, 1.54) is 0 Å². The van der Waals surface area contributed by atoms with E-state index in [-0.39, 0.29) is 5.95 Å². The van der Waals surface area contributed by atoms with Gasteiger partial charge in [-0.1, -0.05) is 33.6 Å². The summed E-state index contributed by atoms with van der Waals surface area (Å²) in [6, 6.07) is 9.30. The van der Waals surface area contributed by atoms with E-state index < -0.39 is 0 Å². The lowest BCUT2D eigenvalue weighted by Crippen LogP contribution is -1.99. The molecule has 82 valence electrons. The van der Waals surface area contributed by atoms with Crippen LogP contribution in [0.2, 0.25) is 5.15 Å². The van der Waals surface area contributed by atoms with Crippen LogP contribution in [0.5, 0.6) is 0 Å². The minimum atomic E-state index is 0.144. The van der Waals surface area contributed by atoms with Gasteiger partial charge in [-0.15, -0.1) is 0 Å². The normalized spacial score (nSPS) is 10.1. The van der Waals surface area contributed by atoms with E-state index in [0.717, 1.165) is 10.2 Å². The van der Waals surface area contributed by atoms with Gasteiger partial charge in [0.15, 0.2) is 0 Å². The van der Waals surface area contributed by atoms with Gasteiger partial charge in [0.05, 0.1) is 0 Å². The maximum absolute atomic E-state index is 5.77. The molecule has 1 aromatic heterocycles. The molecule has 1 aromatic carbocycles. The number of nitrogens with two attached hydrogens (primary N) is 1. The second-order valence-corrected chi connectivity index (χ2v) is 4.37. The van der Waals surface area contributed by atoms with Gasteiger partial charge in [-0.25, -0.2) is 4.98 Å². The second kappa shape index (κ2) is 4.67. The molecule has 0 unspecified atom stereocenters. The Morgan fingerprint density at radius 3 is 2.75 bits per heavy atom. The maximum Gasteiger partial charge on any atom is 0.223 e. The topological polar surface area (TPSA) is 63.8 Å². The number of hydrogen-bond acceptors (Lipinski definition) is 4. The number of benzene rings is 1. The Bertz CT molecular complexity index is 498. The highest BCUT2D eigenvalue weighted by Crippen LogP contribution is 2.21. The van der Waals surface area contributed by atoms with E-state index in [0.29, 0.717) is 11.0 Å². The van der Waals surface area contributed by atoms with E-state index in [1.54, 1.807) is 6.07 Å². The molecule has 0 spiro atoms. The monoisotopic (exact) mass is 298 g/mol. The largest absolute Gasteiger partial charge is 0.368 e. The zero-order valence-electron chi connectivity index (χ0n) is 8.11. The third kappa shape index (κ3) is 2.84. The van der Waals surface area contributed by atoms with Crippen LogP contribution in [0.4, 0.5) is 17.5 Å². The molecule has 0 radical (unpaired) electrons. The van der Waals surface area contributed by atoms with Crippen molar-refractivity contribution in [3.05, 3.63) is 40.0 Å². The molecule has 0 atom stereocenters. The number of nitrogens with one attached hydrogen (secondary N) is 1. The average Bonchev–Trinajstić information content (AvgIpc) is 2.15. The van der Waals surface area contributed by atoms with Crippen molar-refractivity contribution in [3.8, 4) is 0 Å². The summed E-state index contributed by atoms with van der Waals surface area (Å²) in [5.74, 6) is 0.709. The average molecular weight is 300 g/mol. The van der Waals surface area contributed by atoms with E-state index >= 15 is 0 Å². The highest BCUT2D eigenvalue weighted by molar-refractivity contribution is 9.10. The fourth-order valence-electron chi connectivity index (χ4n) is 1.21. The summed E-state index contributed by atoms with van der Waals surface area (Å²) >= 11 is 9.15. The quantitative estimate of drug-likeness (QED) is 0.836. The first-order valence-corrected chi connectivity index (χ1v) is 5.63. The predicted molar refractivity (Wildman–Crippen MR) is 68.9 cm³/mol. The Kier molecular flexibility index (Phi) is 3.26. The van der Waals surface area contributed by atoms with E-state index in [2.05, 4.69) is 31.2 Å². The van der Waals surface area contributed by atoms with Gasteiger partial charge in [0.25, 0.3) is 0 Å². The van der Waals surface area contributed by atoms with Crippen LogP contribution in [-0.2, 0) is 0 Å². The van der Waals surface area contributed by atoms with Crippen LogP contribution in [0.25, 0.3) is 0 Å². The summed E-state index contributed by atoms with van der Waals surface area (Å²) in [7, 11) is 0. The maximum atomic E-state index is 5.77. The van der Waals surface area contributed by atoms with Crippen LogP contribution in [0.1, 0.15) is 0 Å². The van der Waals surface area contributed by atoms with E-state index in [1.807, 2.05) is 24.3 Å². The summed E-state index contributed by atoms with van der Waals surface area (Å²) in [6.45, 7) is 0. The van der Waals surface area contributed by atoms with E-state index in [4.69, 9.17) is 17.3 Å². The summed E-state index contributed by atoms with van der Waals surface area (Å²) in [5, 5.41) is 3.39. The van der Waals surface area contributed by atoms with Crippen LogP contribution in [0.15, 0.2) is 34.8 Å². The Balaban J connectivity index is 2.27. The number of aromatic nitrogens is 2. The number of nitrogens with zero attached hydrogens (tertiary/aromatic N) is 2. The summed E-state index contributed by atoms with van der Waals surface area (Å²) in [4.78, 5) is 7.79. The van der Waals surface area contributed by atoms with Crippen molar-refractivity contribution >= 4 is 45.0 Å². The Morgan fingerprint density at radius 2 is 2.06 bits per heavy atom. The first-order valence-electron chi connectivity index (χ1n) is 4.46. The predicted octanol–water partition coefficient (Wildman–Crippen LogP) is 3.22. The fraction of sp³-hybridized carbons (Fsp3) is 0. The molecular weight excluding hydrogens is 291 g/mol. The second-order valence-electron chi connectivity index (χ2n) is 3.07. The van der Waals surface area contributed by atoms with Crippen molar-refractivity contribution in [2.24, 2.45) is 0 Å². The molecule has 0 aliphatic rings. The van der Waals surface area contributed by atoms with Crippen molar-refractivity contribution in [2.75, 3.05) is 11.1 Å². The molecule has 2 rings (SSSR count). The SMILES string of the molecule is Nc1nc(Cl)cc(Nc2cccc(Br)c2)n1. The van der Waals surface area contributed by atoms with Gasteiger partial charge in [-0.05, 0) is 18.2 Å². The van der Waals surface area contributed by atoms with Crippen LogP contribution in [-0.4, -0.2) is 9.97 Å². The molecule has 3 N–H and O–H groups in total. The molecule has 0 saturated carbocycles. The number of hydrogen-bond donors (Lipinski definition) is 2. The lowest BCUT2D eigenvalue weighted by atomic mass is 10.3. The van der Waals surface area contributed by atoms with Crippen LogP contribution >= 0.6 is 27.5 Å². The molecule has 0 aliphatic carbocycles. The Hall–Kier alpha value is -1.33. The third-order valence-electron chi connectivity index (χ3n) is 1.81. The van der Waals surface area contributed by atoms with Crippen LogP contribution in [0.3, 0.4) is 0 Å². The van der Waals surface area contributed by atoms with Gasteiger partial charge >= 0.3 is 0 Å². The molecule has 0 aliphatic heterocycles. The first-order chi connectivity index (χ1) is 7.63. The highest BCUT2D eigenvalue weighted by Gasteiger charge is 2.01. The van der Waals surface area contributed by atoms with Crippen LogP contribution in [0, 0.1) is 0 Å². The molecule has 0 amide bonds. The molecule has 0 bridgehead atoms. The molecule has 2 aromatic rings. The molecule has 16 heavy (non-hydrogen) atoms. The minimum Gasteiger partial charge on any atom is -0.368 e. The molecule has 1 heterocycles. The fourth-order valence-corrected chi connectivity index (χ4v) is 1.80. The van der Waals surface area contributed by atoms with Gasteiger partial charge in [-0.3, -0.25) is 0 Å². The minimum absolute atomic E-state index is 0.144. The molecule has 0 fully saturated rings. The third-order valence-corrected chi connectivity index (χ3v) is 2.50. The van der Waals surface area contributed by atoms with E-state index in [9.17, 15) is 0 Å². The first kappa shape index (κ1) is 11.2. The summed E-state index contributed by atoms with van der Waals surface area (Å²) in [5.41, 5.74) is 6.38. The Morgan fingerprint density at radius 1 is 1.25 bits per heavy atom. The molecule has 0 saturated heterocycles. The van der Waals surface area contributed by atoms with Crippen molar-refractivity contribution in [3.63, 3.8) is 0 Å². The van der Waals surface area contributed by atoms with Crippen LogP contribution < -0.4 is 11.1 Å². The number of nitrogen functional groups attached to an aromatic ring is 1. The van der Waals surface area contributed by atoms with Gasteiger partial charge in [0.2, 0.25) is 5.95 Å². The van der Waals surface area contributed by atoms with Gasteiger partial charge < -0.3 is 11.1 Å². The van der Waals surface area contributed by atoms with Crippen molar-refractivity contribution in [1.82, 2.24) is 9.97 Å². The number of rotatable bonds is 2.